The molecule has 118 valence electrons. The summed E-state index contributed by atoms with van der Waals surface area (Å²) in [6, 6.07) is 7.95. The van der Waals surface area contributed by atoms with Crippen molar-refractivity contribution in [3.05, 3.63) is 29.8 Å². The third-order valence-electron chi connectivity index (χ3n) is 4.74. The van der Waals surface area contributed by atoms with Crippen molar-refractivity contribution in [1.29, 1.82) is 0 Å². The number of carbonyl (C=O) groups excluding carboxylic acids is 2. The molecule has 0 radical (unpaired) electrons. The largest absolute Gasteiger partial charge is 0.352 e. The van der Waals surface area contributed by atoms with Crippen molar-refractivity contribution in [2.45, 2.75) is 51.5 Å². The van der Waals surface area contributed by atoms with Crippen LogP contribution in [-0.4, -0.2) is 18.4 Å². The topological polar surface area (TPSA) is 49.4 Å². The first-order valence-corrected chi connectivity index (χ1v) is 8.41. The molecule has 4 nitrogen and oxygen atoms in total. The standard InChI is InChI=1S/C18H24N2O2/c21-17-10-5-11-20(17)16-9-4-6-14(12-16)13-19-18(22)15-7-2-1-3-8-15/h4,6,9,12,15H,1-3,5,7-8,10-11,13H2,(H,19,22). The molecule has 1 aromatic rings. The molecule has 0 unspecified atom stereocenters. The summed E-state index contributed by atoms with van der Waals surface area (Å²) >= 11 is 0. The summed E-state index contributed by atoms with van der Waals surface area (Å²) in [7, 11) is 0. The van der Waals surface area contributed by atoms with E-state index in [1.807, 2.05) is 29.2 Å². The highest BCUT2D eigenvalue weighted by Gasteiger charge is 2.22. The second kappa shape index (κ2) is 6.95. The van der Waals surface area contributed by atoms with Crippen LogP contribution in [0.25, 0.3) is 0 Å². The summed E-state index contributed by atoms with van der Waals surface area (Å²) in [6.07, 6.45) is 7.22. The van der Waals surface area contributed by atoms with Crippen LogP contribution in [0.4, 0.5) is 5.69 Å². The van der Waals surface area contributed by atoms with E-state index in [0.717, 1.165) is 37.1 Å². The van der Waals surface area contributed by atoms with E-state index in [0.29, 0.717) is 13.0 Å². The zero-order chi connectivity index (χ0) is 15.4. The monoisotopic (exact) mass is 300 g/mol. The van der Waals surface area contributed by atoms with E-state index >= 15 is 0 Å². The molecule has 0 atom stereocenters. The van der Waals surface area contributed by atoms with Crippen LogP contribution in [0, 0.1) is 5.92 Å². The van der Waals surface area contributed by atoms with Gasteiger partial charge in [-0.3, -0.25) is 9.59 Å². The molecule has 1 saturated carbocycles. The highest BCUT2D eigenvalue weighted by molar-refractivity contribution is 5.95. The molecular weight excluding hydrogens is 276 g/mol. The molecule has 2 aliphatic rings. The van der Waals surface area contributed by atoms with E-state index in [-0.39, 0.29) is 17.7 Å². The summed E-state index contributed by atoms with van der Waals surface area (Å²) < 4.78 is 0. The lowest BCUT2D eigenvalue weighted by atomic mass is 9.88. The van der Waals surface area contributed by atoms with Gasteiger partial charge in [0, 0.05) is 31.1 Å². The lowest BCUT2D eigenvalue weighted by molar-refractivity contribution is -0.126. The Hall–Kier alpha value is -1.84. The molecule has 1 aliphatic carbocycles. The van der Waals surface area contributed by atoms with Gasteiger partial charge < -0.3 is 10.2 Å². The lowest BCUT2D eigenvalue weighted by Gasteiger charge is -2.21. The van der Waals surface area contributed by atoms with Gasteiger partial charge in [-0.15, -0.1) is 0 Å². The van der Waals surface area contributed by atoms with E-state index in [9.17, 15) is 9.59 Å². The van der Waals surface area contributed by atoms with Crippen molar-refractivity contribution in [2.24, 2.45) is 5.92 Å². The maximum Gasteiger partial charge on any atom is 0.227 e. The fraction of sp³-hybridized carbons (Fsp3) is 0.556. The average Bonchev–Trinajstić information content (AvgIpc) is 3.00. The van der Waals surface area contributed by atoms with E-state index in [1.54, 1.807) is 0 Å². The van der Waals surface area contributed by atoms with E-state index < -0.39 is 0 Å². The van der Waals surface area contributed by atoms with Crippen molar-refractivity contribution < 1.29 is 9.59 Å². The Labute approximate surface area is 131 Å². The van der Waals surface area contributed by atoms with Crippen LogP contribution < -0.4 is 10.2 Å². The van der Waals surface area contributed by atoms with Gasteiger partial charge in [0.25, 0.3) is 0 Å². The molecule has 22 heavy (non-hydrogen) atoms. The molecule has 1 saturated heterocycles. The fourth-order valence-corrected chi connectivity index (χ4v) is 3.45. The molecule has 2 fully saturated rings. The Morgan fingerprint density at radius 3 is 2.73 bits per heavy atom. The first-order valence-electron chi connectivity index (χ1n) is 8.41. The number of carbonyl (C=O) groups is 2. The number of hydrogen-bond acceptors (Lipinski definition) is 2. The molecule has 3 rings (SSSR count). The number of benzene rings is 1. The van der Waals surface area contributed by atoms with Gasteiger partial charge in [0.15, 0.2) is 0 Å². The van der Waals surface area contributed by atoms with Crippen molar-refractivity contribution in [2.75, 3.05) is 11.4 Å². The highest BCUT2D eigenvalue weighted by Crippen LogP contribution is 2.24. The maximum atomic E-state index is 12.2. The average molecular weight is 300 g/mol. The molecule has 1 N–H and O–H groups in total. The third-order valence-corrected chi connectivity index (χ3v) is 4.74. The summed E-state index contributed by atoms with van der Waals surface area (Å²) in [5, 5.41) is 3.06. The number of anilines is 1. The van der Waals surface area contributed by atoms with Crippen molar-refractivity contribution in [3.8, 4) is 0 Å². The Morgan fingerprint density at radius 2 is 2.00 bits per heavy atom. The maximum absolute atomic E-state index is 12.2. The summed E-state index contributed by atoms with van der Waals surface area (Å²) in [4.78, 5) is 25.8. The smallest absolute Gasteiger partial charge is 0.227 e. The van der Waals surface area contributed by atoms with Crippen LogP contribution in [0.2, 0.25) is 0 Å². The van der Waals surface area contributed by atoms with Crippen molar-refractivity contribution in [1.82, 2.24) is 5.32 Å². The number of nitrogens with zero attached hydrogens (tertiary/aromatic N) is 1. The Bertz CT molecular complexity index is 550. The molecule has 1 aromatic carbocycles. The van der Waals surface area contributed by atoms with Gasteiger partial charge in [-0.1, -0.05) is 31.4 Å². The molecule has 4 heteroatoms. The zero-order valence-corrected chi connectivity index (χ0v) is 13.0. The molecule has 1 aliphatic heterocycles. The second-order valence-corrected chi connectivity index (χ2v) is 6.37. The Balaban J connectivity index is 1.58. The van der Waals surface area contributed by atoms with Gasteiger partial charge in [-0.05, 0) is 37.0 Å². The molecular formula is C18H24N2O2. The van der Waals surface area contributed by atoms with Gasteiger partial charge in [0.05, 0.1) is 0 Å². The van der Waals surface area contributed by atoms with Crippen molar-refractivity contribution >= 4 is 17.5 Å². The zero-order valence-electron chi connectivity index (χ0n) is 13.0. The number of hydrogen-bond donors (Lipinski definition) is 1. The molecule has 0 bridgehead atoms. The van der Waals surface area contributed by atoms with E-state index in [4.69, 9.17) is 0 Å². The minimum Gasteiger partial charge on any atom is -0.352 e. The number of rotatable bonds is 4. The second-order valence-electron chi connectivity index (χ2n) is 6.37. The van der Waals surface area contributed by atoms with E-state index in [2.05, 4.69) is 5.32 Å². The van der Waals surface area contributed by atoms with Crippen LogP contribution in [-0.2, 0) is 16.1 Å². The number of nitrogens with one attached hydrogen (secondary N) is 1. The third kappa shape index (κ3) is 3.49. The summed E-state index contributed by atoms with van der Waals surface area (Å²) in [5.74, 6) is 0.572. The van der Waals surface area contributed by atoms with Gasteiger partial charge in [-0.2, -0.15) is 0 Å². The molecule has 0 spiro atoms. The Morgan fingerprint density at radius 1 is 1.18 bits per heavy atom. The number of amides is 2. The van der Waals surface area contributed by atoms with Crippen LogP contribution in [0.5, 0.6) is 0 Å². The SMILES string of the molecule is O=C(NCc1cccc(N2CCCC2=O)c1)C1CCCCC1. The predicted octanol–water partition coefficient (Wildman–Crippen LogP) is 3.01. The first-order chi connectivity index (χ1) is 10.7. The van der Waals surface area contributed by atoms with Gasteiger partial charge >= 0.3 is 0 Å². The first kappa shape index (κ1) is 15.1. The fourth-order valence-electron chi connectivity index (χ4n) is 3.45. The van der Waals surface area contributed by atoms with Crippen molar-refractivity contribution in [3.63, 3.8) is 0 Å². The molecule has 0 aromatic heterocycles. The Kier molecular flexibility index (Phi) is 4.76. The van der Waals surface area contributed by atoms with Gasteiger partial charge in [0.1, 0.15) is 0 Å². The normalized spacial score (nSPS) is 19.5. The van der Waals surface area contributed by atoms with Crippen LogP contribution >= 0.6 is 0 Å². The van der Waals surface area contributed by atoms with E-state index in [1.165, 1.54) is 19.3 Å². The highest BCUT2D eigenvalue weighted by atomic mass is 16.2. The van der Waals surface area contributed by atoms with Gasteiger partial charge in [-0.25, -0.2) is 0 Å². The van der Waals surface area contributed by atoms with Crippen LogP contribution in [0.3, 0.4) is 0 Å². The molecule has 2 amide bonds. The minimum atomic E-state index is 0.183. The van der Waals surface area contributed by atoms with Crippen LogP contribution in [0.1, 0.15) is 50.5 Å². The predicted molar refractivity (Wildman–Crippen MR) is 86.5 cm³/mol. The quantitative estimate of drug-likeness (QED) is 0.929. The lowest BCUT2D eigenvalue weighted by Crippen LogP contribution is -2.31. The summed E-state index contributed by atoms with van der Waals surface area (Å²) in [6.45, 7) is 1.35. The van der Waals surface area contributed by atoms with Crippen LogP contribution in [0.15, 0.2) is 24.3 Å². The molecule has 1 heterocycles. The van der Waals surface area contributed by atoms with Gasteiger partial charge in [0.2, 0.25) is 11.8 Å². The summed E-state index contributed by atoms with van der Waals surface area (Å²) in [5.41, 5.74) is 2.01. The minimum absolute atomic E-state index is 0.183.